The van der Waals surface area contributed by atoms with Gasteiger partial charge in [-0.15, -0.1) is 0 Å². The Morgan fingerprint density at radius 2 is 1.84 bits per heavy atom. The molecule has 1 amide bonds. The Labute approximate surface area is 178 Å². The molecule has 1 aromatic heterocycles. The van der Waals surface area contributed by atoms with E-state index in [-0.39, 0.29) is 29.2 Å². The van der Waals surface area contributed by atoms with Gasteiger partial charge >= 0.3 is 0 Å². The van der Waals surface area contributed by atoms with Crippen LogP contribution >= 0.6 is 0 Å². The number of fused-ring (bicyclic) bond motifs is 1. The molecule has 4 atom stereocenters. The molecule has 2 N–H and O–H groups in total. The first-order valence-corrected chi connectivity index (χ1v) is 10.2. The van der Waals surface area contributed by atoms with Crippen molar-refractivity contribution in [3.8, 4) is 6.07 Å². The van der Waals surface area contributed by atoms with Gasteiger partial charge in [-0.1, -0.05) is 12.1 Å². The molecule has 10 heteroatoms. The molecular weight excluding hydrogens is 400 g/mol. The van der Waals surface area contributed by atoms with E-state index < -0.39 is 28.2 Å². The molecule has 0 bridgehead atoms. The van der Waals surface area contributed by atoms with Crippen LogP contribution in [0.4, 0.5) is 17.5 Å². The van der Waals surface area contributed by atoms with Crippen molar-refractivity contribution in [3.05, 3.63) is 55.9 Å². The van der Waals surface area contributed by atoms with Crippen molar-refractivity contribution in [1.29, 1.82) is 5.26 Å². The monoisotopic (exact) mass is 422 g/mol. The highest BCUT2D eigenvalue weighted by atomic mass is 16.6. The summed E-state index contributed by atoms with van der Waals surface area (Å²) in [5.41, 5.74) is 0.0934. The van der Waals surface area contributed by atoms with Crippen LogP contribution in [-0.4, -0.2) is 32.9 Å². The largest absolute Gasteiger partial charge is 0.337 e. The lowest BCUT2D eigenvalue weighted by Crippen LogP contribution is -2.46. The third-order valence-electron chi connectivity index (χ3n) is 6.15. The molecule has 10 nitrogen and oxygen atoms in total. The quantitative estimate of drug-likeness (QED) is 0.571. The minimum absolute atomic E-state index is 0.117. The number of carbonyl (C=O) groups excluding carboxylic acids is 1. The summed E-state index contributed by atoms with van der Waals surface area (Å²) in [4.78, 5) is 45.7. The second-order valence-electron chi connectivity index (χ2n) is 8.11. The lowest BCUT2D eigenvalue weighted by Gasteiger charge is -2.40. The van der Waals surface area contributed by atoms with Gasteiger partial charge in [-0.2, -0.15) is 10.2 Å². The van der Waals surface area contributed by atoms with Crippen molar-refractivity contribution in [2.75, 3.05) is 10.2 Å². The van der Waals surface area contributed by atoms with E-state index in [1.54, 1.807) is 0 Å². The standard InChI is InChI=1S/C21H22N6O4/c1-11-4-3-5-12(2)26(11)21-24-18-17(20(29)25-21)16(15(10-22)19(28)23-18)13-6-8-14(9-7-13)27(30)31/h6-9,11-12,15-16H,3-5H2,1-2H3,(H2,23,24,25,28,29). The Kier molecular flexibility index (Phi) is 5.19. The second kappa shape index (κ2) is 7.83. The van der Waals surface area contributed by atoms with E-state index in [1.165, 1.54) is 24.3 Å². The van der Waals surface area contributed by atoms with Crippen LogP contribution in [0.25, 0.3) is 0 Å². The topological polar surface area (TPSA) is 145 Å². The van der Waals surface area contributed by atoms with Gasteiger partial charge in [-0.3, -0.25) is 24.7 Å². The zero-order valence-electron chi connectivity index (χ0n) is 17.2. The third-order valence-corrected chi connectivity index (χ3v) is 6.15. The summed E-state index contributed by atoms with van der Waals surface area (Å²) in [5, 5.41) is 23.2. The van der Waals surface area contributed by atoms with Gasteiger partial charge in [0.15, 0.2) is 0 Å². The molecule has 160 valence electrons. The number of non-ortho nitro benzene ring substituents is 1. The number of piperidine rings is 1. The number of nitro benzene ring substituents is 1. The number of rotatable bonds is 3. The molecule has 4 rings (SSSR count). The number of carbonyl (C=O) groups is 1. The first-order chi connectivity index (χ1) is 14.8. The first kappa shape index (κ1) is 20.5. The lowest BCUT2D eigenvalue weighted by atomic mass is 9.79. The average Bonchev–Trinajstić information content (AvgIpc) is 2.72. The number of aromatic nitrogens is 2. The number of aromatic amines is 1. The molecule has 0 aliphatic carbocycles. The molecule has 1 aromatic carbocycles. The number of nitro groups is 1. The zero-order valence-corrected chi connectivity index (χ0v) is 17.2. The number of amides is 1. The number of nitriles is 1. The fourth-order valence-corrected chi connectivity index (χ4v) is 4.62. The first-order valence-electron chi connectivity index (χ1n) is 10.2. The predicted octanol–water partition coefficient (Wildman–Crippen LogP) is 2.67. The average molecular weight is 422 g/mol. The summed E-state index contributed by atoms with van der Waals surface area (Å²) in [6, 6.07) is 7.86. The van der Waals surface area contributed by atoms with Crippen molar-refractivity contribution in [3.63, 3.8) is 0 Å². The molecule has 3 heterocycles. The van der Waals surface area contributed by atoms with Crippen LogP contribution in [0.5, 0.6) is 0 Å². The number of hydrogen-bond donors (Lipinski definition) is 2. The zero-order chi connectivity index (χ0) is 22.3. The van der Waals surface area contributed by atoms with Crippen LogP contribution in [0.1, 0.15) is 50.2 Å². The van der Waals surface area contributed by atoms with Crippen LogP contribution in [0.15, 0.2) is 29.1 Å². The Morgan fingerprint density at radius 3 is 2.42 bits per heavy atom. The van der Waals surface area contributed by atoms with Gasteiger partial charge in [0, 0.05) is 30.1 Å². The molecule has 2 aliphatic rings. The SMILES string of the molecule is CC1CCCC(C)N1c1nc2c(c(=O)[nH]1)C(c1ccc([N+](=O)[O-])cc1)C(C#N)C(=O)N2. The van der Waals surface area contributed by atoms with E-state index in [2.05, 4.69) is 34.0 Å². The molecule has 31 heavy (non-hydrogen) atoms. The fourth-order valence-electron chi connectivity index (χ4n) is 4.62. The summed E-state index contributed by atoms with van der Waals surface area (Å²) < 4.78 is 0. The molecule has 1 fully saturated rings. The summed E-state index contributed by atoms with van der Waals surface area (Å²) in [5.74, 6) is -2.07. The van der Waals surface area contributed by atoms with Gasteiger partial charge in [-0.05, 0) is 38.7 Å². The van der Waals surface area contributed by atoms with E-state index in [4.69, 9.17) is 0 Å². The molecule has 1 saturated heterocycles. The summed E-state index contributed by atoms with van der Waals surface area (Å²) in [7, 11) is 0. The number of benzene rings is 1. The van der Waals surface area contributed by atoms with Gasteiger partial charge in [-0.25, -0.2) is 0 Å². The maximum absolute atomic E-state index is 13.2. The van der Waals surface area contributed by atoms with Crippen LogP contribution in [0.2, 0.25) is 0 Å². The van der Waals surface area contributed by atoms with Crippen LogP contribution in [0.3, 0.4) is 0 Å². The number of hydrogen-bond acceptors (Lipinski definition) is 7. The van der Waals surface area contributed by atoms with Crippen molar-refractivity contribution >= 4 is 23.4 Å². The molecule has 0 radical (unpaired) electrons. The minimum Gasteiger partial charge on any atom is -0.337 e. The van der Waals surface area contributed by atoms with Crippen molar-refractivity contribution in [2.24, 2.45) is 5.92 Å². The summed E-state index contributed by atoms with van der Waals surface area (Å²) in [6.07, 6.45) is 3.04. The van der Waals surface area contributed by atoms with E-state index in [9.17, 15) is 25.0 Å². The Bertz CT molecular complexity index is 1130. The third kappa shape index (κ3) is 3.52. The van der Waals surface area contributed by atoms with Crippen molar-refractivity contribution in [1.82, 2.24) is 9.97 Å². The maximum atomic E-state index is 13.2. The number of nitrogens with one attached hydrogen (secondary N) is 2. The van der Waals surface area contributed by atoms with Crippen molar-refractivity contribution in [2.45, 2.75) is 51.1 Å². The smallest absolute Gasteiger partial charge is 0.269 e. The van der Waals surface area contributed by atoms with Gasteiger partial charge < -0.3 is 10.2 Å². The van der Waals surface area contributed by atoms with Crippen LogP contribution in [0, 0.1) is 27.4 Å². The van der Waals surface area contributed by atoms with Gasteiger partial charge in [0.05, 0.1) is 16.6 Å². The molecule has 4 unspecified atom stereocenters. The highest BCUT2D eigenvalue weighted by molar-refractivity contribution is 5.98. The molecular formula is C21H22N6O4. The number of anilines is 2. The van der Waals surface area contributed by atoms with E-state index >= 15 is 0 Å². The highest BCUT2D eigenvalue weighted by Crippen LogP contribution is 2.39. The van der Waals surface area contributed by atoms with Crippen LogP contribution in [-0.2, 0) is 4.79 Å². The van der Waals surface area contributed by atoms with Gasteiger partial charge in [0.2, 0.25) is 11.9 Å². The maximum Gasteiger partial charge on any atom is 0.269 e. The minimum atomic E-state index is -1.16. The molecule has 2 aromatic rings. The van der Waals surface area contributed by atoms with Gasteiger partial charge in [0.25, 0.3) is 11.2 Å². The Balaban J connectivity index is 1.83. The molecule has 2 aliphatic heterocycles. The van der Waals surface area contributed by atoms with Gasteiger partial charge in [0.1, 0.15) is 11.7 Å². The normalized spacial score (nSPS) is 25.3. The van der Waals surface area contributed by atoms with Crippen molar-refractivity contribution < 1.29 is 9.72 Å². The van der Waals surface area contributed by atoms with Crippen LogP contribution < -0.4 is 15.8 Å². The highest BCUT2D eigenvalue weighted by Gasteiger charge is 2.41. The Morgan fingerprint density at radius 1 is 1.19 bits per heavy atom. The lowest BCUT2D eigenvalue weighted by molar-refractivity contribution is -0.384. The predicted molar refractivity (Wildman–Crippen MR) is 113 cm³/mol. The number of nitrogens with zero attached hydrogens (tertiary/aromatic N) is 4. The Hall–Kier alpha value is -3.74. The molecule has 0 spiro atoms. The second-order valence-corrected chi connectivity index (χ2v) is 8.11. The summed E-state index contributed by atoms with van der Waals surface area (Å²) in [6.45, 7) is 4.14. The summed E-state index contributed by atoms with van der Waals surface area (Å²) >= 11 is 0. The van der Waals surface area contributed by atoms with E-state index in [0.717, 1.165) is 19.3 Å². The molecule has 0 saturated carbocycles. The fraction of sp³-hybridized carbons (Fsp3) is 0.429. The number of H-pyrrole nitrogens is 1. The van der Waals surface area contributed by atoms with E-state index in [1.807, 2.05) is 6.07 Å². The van der Waals surface area contributed by atoms with E-state index in [0.29, 0.717) is 11.5 Å².